The van der Waals surface area contributed by atoms with E-state index < -0.39 is 0 Å². The van der Waals surface area contributed by atoms with Crippen LogP contribution in [0.2, 0.25) is 0 Å². The highest BCUT2D eigenvalue weighted by molar-refractivity contribution is 6.24. The molecule has 1 fully saturated rings. The van der Waals surface area contributed by atoms with Gasteiger partial charge in [0.25, 0.3) is 0 Å². The van der Waals surface area contributed by atoms with E-state index in [1.807, 2.05) is 43.3 Å². The molecular formula is C33H38ClN11. The molecule has 45 heavy (non-hydrogen) atoms. The number of nitrogens with zero attached hydrogens (tertiary/aromatic N) is 9. The number of nitrogens with one attached hydrogen (secondary N) is 2. The SMILES string of the molecule is C=CNC1CCCC(n2nc(-c3ccc4c(cnn4C)c3)c(C3c4cn[nH]c4C=C(C)C3Cl)c2C)C1.CCn1cnnc1C#N. The number of hydrogen-bond acceptors (Lipinski definition) is 7. The number of rotatable bonds is 6. The summed E-state index contributed by atoms with van der Waals surface area (Å²) in [7, 11) is 1.97. The van der Waals surface area contributed by atoms with Crippen LogP contribution in [0.25, 0.3) is 28.2 Å². The van der Waals surface area contributed by atoms with E-state index in [1.54, 1.807) is 10.9 Å². The summed E-state index contributed by atoms with van der Waals surface area (Å²) >= 11 is 7.16. The van der Waals surface area contributed by atoms with Crippen molar-refractivity contribution in [1.82, 2.24) is 49.8 Å². The largest absolute Gasteiger partial charge is 0.389 e. The molecule has 1 saturated carbocycles. The molecule has 2 aliphatic carbocycles. The van der Waals surface area contributed by atoms with Gasteiger partial charge in [-0.15, -0.1) is 21.8 Å². The van der Waals surface area contributed by atoms with E-state index >= 15 is 0 Å². The molecule has 5 aromatic rings. The maximum Gasteiger partial charge on any atom is 0.234 e. The van der Waals surface area contributed by atoms with E-state index in [-0.39, 0.29) is 11.3 Å². The van der Waals surface area contributed by atoms with Gasteiger partial charge in [0.1, 0.15) is 12.4 Å². The van der Waals surface area contributed by atoms with Gasteiger partial charge in [-0.05, 0) is 70.9 Å². The zero-order chi connectivity index (χ0) is 31.7. The van der Waals surface area contributed by atoms with Gasteiger partial charge in [0.05, 0.1) is 40.7 Å². The van der Waals surface area contributed by atoms with E-state index in [4.69, 9.17) is 22.0 Å². The summed E-state index contributed by atoms with van der Waals surface area (Å²) in [6.07, 6.45) is 13.8. The highest BCUT2D eigenvalue weighted by atomic mass is 35.5. The Balaban J connectivity index is 0.000000343. The fourth-order valence-corrected chi connectivity index (χ4v) is 7.08. The van der Waals surface area contributed by atoms with Gasteiger partial charge < -0.3 is 9.88 Å². The highest BCUT2D eigenvalue weighted by Gasteiger charge is 2.37. The van der Waals surface area contributed by atoms with Crippen molar-refractivity contribution in [2.24, 2.45) is 7.05 Å². The van der Waals surface area contributed by atoms with Crippen LogP contribution < -0.4 is 5.32 Å². The Morgan fingerprint density at radius 1 is 1.24 bits per heavy atom. The maximum absolute atomic E-state index is 8.37. The second kappa shape index (κ2) is 12.7. The fourth-order valence-electron chi connectivity index (χ4n) is 6.76. The molecule has 0 aliphatic heterocycles. The fraction of sp³-hybridized carbons (Fsp3) is 0.394. The Bertz CT molecular complexity index is 1900. The minimum absolute atomic E-state index is 0.0375. The van der Waals surface area contributed by atoms with Crippen molar-refractivity contribution in [3.05, 3.63) is 83.6 Å². The van der Waals surface area contributed by atoms with Crippen molar-refractivity contribution >= 4 is 28.6 Å². The topological polar surface area (TPSA) is 131 Å². The molecule has 0 bridgehead atoms. The lowest BCUT2D eigenvalue weighted by atomic mass is 9.80. The lowest BCUT2D eigenvalue weighted by Crippen LogP contribution is -2.32. The van der Waals surface area contributed by atoms with Gasteiger partial charge in [-0.25, -0.2) is 0 Å². The van der Waals surface area contributed by atoms with Gasteiger partial charge in [0.15, 0.2) is 0 Å². The molecule has 0 radical (unpaired) electrons. The van der Waals surface area contributed by atoms with Crippen LogP contribution in [0.4, 0.5) is 0 Å². The molecule has 1 aromatic carbocycles. The standard InChI is InChI=1S/C28H32ClN7.C5H6N4/c1-5-30-20-7-6-8-21(13-20)36-17(3)25(26-22-15-31-33-23(22)11-16(2)27(26)29)28(34-36)18-9-10-24-19(12-18)14-32-35(24)4;1-2-9-4-7-8-5(9)3-6/h5,9-12,14-15,20-21,26-27,30H,1,6-8,13H2,2-4H3,(H,31,33);4H,2H2,1H3. The third-order valence-corrected chi connectivity index (χ3v) is 9.66. The number of halogens is 1. The van der Waals surface area contributed by atoms with Crippen LogP contribution in [0.5, 0.6) is 0 Å². The molecule has 0 spiro atoms. The molecule has 7 rings (SSSR count). The number of H-pyrrole nitrogens is 1. The Kier molecular flexibility index (Phi) is 8.59. The summed E-state index contributed by atoms with van der Waals surface area (Å²) in [6.45, 7) is 10.9. The Hall–Kier alpha value is -4.69. The Labute approximate surface area is 267 Å². The van der Waals surface area contributed by atoms with Gasteiger partial charge in [-0.2, -0.15) is 20.6 Å². The lowest BCUT2D eigenvalue weighted by Gasteiger charge is -2.31. The number of aromatic nitrogens is 9. The monoisotopic (exact) mass is 623 g/mol. The number of aryl methyl sites for hydroxylation is 2. The Morgan fingerprint density at radius 3 is 2.84 bits per heavy atom. The molecule has 0 amide bonds. The van der Waals surface area contributed by atoms with Crippen LogP contribution in [0.15, 0.2) is 55.3 Å². The summed E-state index contributed by atoms with van der Waals surface area (Å²) < 4.78 is 5.85. The first-order valence-electron chi connectivity index (χ1n) is 15.4. The van der Waals surface area contributed by atoms with Crippen LogP contribution in [-0.4, -0.2) is 55.9 Å². The van der Waals surface area contributed by atoms with E-state index in [2.05, 4.69) is 80.2 Å². The van der Waals surface area contributed by atoms with Crippen LogP contribution >= 0.6 is 11.6 Å². The highest BCUT2D eigenvalue weighted by Crippen LogP contribution is 2.46. The van der Waals surface area contributed by atoms with Gasteiger partial charge >= 0.3 is 0 Å². The number of benzene rings is 1. The summed E-state index contributed by atoms with van der Waals surface area (Å²) in [5, 5.41) is 37.2. The van der Waals surface area contributed by atoms with Crippen LogP contribution in [-0.2, 0) is 13.6 Å². The number of allylic oxidation sites excluding steroid dienone is 1. The molecule has 4 atom stereocenters. The molecule has 12 heteroatoms. The second-order valence-electron chi connectivity index (χ2n) is 11.8. The van der Waals surface area contributed by atoms with E-state index in [9.17, 15) is 0 Å². The number of hydrogen-bond donors (Lipinski definition) is 2. The van der Waals surface area contributed by atoms with Gasteiger partial charge in [-0.1, -0.05) is 18.2 Å². The molecule has 11 nitrogen and oxygen atoms in total. The van der Waals surface area contributed by atoms with Crippen molar-refractivity contribution in [3.63, 3.8) is 0 Å². The molecule has 4 unspecified atom stereocenters. The first kappa shape index (κ1) is 30.3. The van der Waals surface area contributed by atoms with Crippen LogP contribution in [0.3, 0.4) is 0 Å². The van der Waals surface area contributed by atoms with Crippen LogP contribution in [0, 0.1) is 18.3 Å². The summed E-state index contributed by atoms with van der Waals surface area (Å²) in [4.78, 5) is 0. The number of aromatic amines is 1. The van der Waals surface area contributed by atoms with Gasteiger partial charge in [0.2, 0.25) is 5.82 Å². The summed E-state index contributed by atoms with van der Waals surface area (Å²) in [5.74, 6) is 0.335. The van der Waals surface area contributed by atoms with Crippen molar-refractivity contribution in [1.29, 1.82) is 5.26 Å². The average Bonchev–Trinajstić information content (AvgIpc) is 3.85. The Morgan fingerprint density at radius 2 is 2.09 bits per heavy atom. The quantitative estimate of drug-likeness (QED) is 0.221. The molecule has 2 N–H and O–H groups in total. The zero-order valence-corrected chi connectivity index (χ0v) is 26.8. The lowest BCUT2D eigenvalue weighted by molar-refractivity contribution is 0.280. The zero-order valence-electron chi connectivity index (χ0n) is 26.1. The predicted molar refractivity (Wildman–Crippen MR) is 175 cm³/mol. The molecule has 232 valence electrons. The molecule has 4 aromatic heterocycles. The second-order valence-corrected chi connectivity index (χ2v) is 12.3. The number of nitriles is 1. The smallest absolute Gasteiger partial charge is 0.234 e. The molecule has 0 saturated heterocycles. The van der Waals surface area contributed by atoms with Crippen molar-refractivity contribution < 1.29 is 0 Å². The summed E-state index contributed by atoms with van der Waals surface area (Å²) in [5.41, 5.74) is 8.84. The van der Waals surface area contributed by atoms with Crippen molar-refractivity contribution in [3.8, 4) is 17.3 Å². The minimum atomic E-state index is -0.172. The molecular weight excluding hydrogens is 586 g/mol. The van der Waals surface area contributed by atoms with Gasteiger partial charge in [0, 0.05) is 53.3 Å². The predicted octanol–water partition coefficient (Wildman–Crippen LogP) is 6.01. The molecule has 2 aliphatic rings. The first-order chi connectivity index (χ1) is 21.8. The van der Waals surface area contributed by atoms with E-state index in [0.717, 1.165) is 71.2 Å². The number of alkyl halides is 1. The van der Waals surface area contributed by atoms with E-state index in [0.29, 0.717) is 17.9 Å². The average molecular weight is 624 g/mol. The first-order valence-corrected chi connectivity index (χ1v) is 15.8. The van der Waals surface area contributed by atoms with E-state index in [1.165, 1.54) is 11.3 Å². The molecule has 4 heterocycles. The maximum atomic E-state index is 8.37. The third kappa shape index (κ3) is 5.66. The van der Waals surface area contributed by atoms with Crippen molar-refractivity contribution in [2.75, 3.05) is 0 Å². The number of fused-ring (bicyclic) bond motifs is 2. The minimum Gasteiger partial charge on any atom is -0.389 e. The van der Waals surface area contributed by atoms with Crippen molar-refractivity contribution in [2.45, 2.75) is 76.4 Å². The van der Waals surface area contributed by atoms with Crippen LogP contribution in [0.1, 0.15) is 79.8 Å². The third-order valence-electron chi connectivity index (χ3n) is 9.06. The summed E-state index contributed by atoms with van der Waals surface area (Å²) in [6, 6.07) is 9.15. The normalized spacial score (nSPS) is 20.9. The van der Waals surface area contributed by atoms with Gasteiger partial charge in [-0.3, -0.25) is 14.5 Å².